The van der Waals surface area contributed by atoms with Gasteiger partial charge in [-0.3, -0.25) is 10.1 Å². The summed E-state index contributed by atoms with van der Waals surface area (Å²) in [5.41, 5.74) is 1.12. The molecule has 92 valence electrons. The van der Waals surface area contributed by atoms with Crippen LogP contribution >= 0.6 is 0 Å². The van der Waals surface area contributed by atoms with Crippen molar-refractivity contribution in [1.29, 1.82) is 0 Å². The van der Waals surface area contributed by atoms with Gasteiger partial charge in [0.15, 0.2) is 0 Å². The Morgan fingerprint density at radius 3 is 2.94 bits per heavy atom. The van der Waals surface area contributed by atoms with Gasteiger partial charge >= 0.3 is 6.01 Å². The van der Waals surface area contributed by atoms with Gasteiger partial charge in [0.2, 0.25) is 5.89 Å². The molecule has 0 spiro atoms. The average Bonchev–Trinajstić information content (AvgIpc) is 3.11. The van der Waals surface area contributed by atoms with Gasteiger partial charge in [-0.15, -0.1) is 5.10 Å². The largest absolute Gasteiger partial charge is 0.408 e. The summed E-state index contributed by atoms with van der Waals surface area (Å²) < 4.78 is 5.35. The Labute approximate surface area is 103 Å². The van der Waals surface area contributed by atoms with Crippen molar-refractivity contribution < 1.29 is 9.21 Å². The van der Waals surface area contributed by atoms with Crippen LogP contribution in [0, 0.1) is 6.92 Å². The summed E-state index contributed by atoms with van der Waals surface area (Å²) in [6.07, 6.45) is 2.16. The molecule has 6 heteroatoms. The summed E-state index contributed by atoms with van der Waals surface area (Å²) in [5, 5.41) is 10.2. The molecule has 1 aliphatic rings. The van der Waals surface area contributed by atoms with E-state index >= 15 is 0 Å². The van der Waals surface area contributed by atoms with Crippen molar-refractivity contribution in [3.05, 3.63) is 35.5 Å². The molecular formula is C12H12N4O2. The first-order chi connectivity index (χ1) is 8.72. The molecule has 1 saturated carbocycles. The van der Waals surface area contributed by atoms with E-state index in [2.05, 4.69) is 20.5 Å². The monoisotopic (exact) mass is 244 g/mol. The maximum absolute atomic E-state index is 11.9. The second-order valence-corrected chi connectivity index (χ2v) is 4.34. The Balaban J connectivity index is 1.73. The smallest absolute Gasteiger partial charge is 0.322 e. The van der Waals surface area contributed by atoms with Crippen LogP contribution in [0.4, 0.5) is 6.01 Å². The number of amides is 1. The van der Waals surface area contributed by atoms with Crippen LogP contribution in [0.1, 0.15) is 40.8 Å². The number of carbonyl (C=O) groups is 1. The number of hydrogen-bond acceptors (Lipinski definition) is 5. The number of hydrogen-bond donors (Lipinski definition) is 1. The van der Waals surface area contributed by atoms with Crippen molar-refractivity contribution in [3.8, 4) is 0 Å². The van der Waals surface area contributed by atoms with Gasteiger partial charge in [-0.2, -0.15) is 0 Å². The quantitative estimate of drug-likeness (QED) is 0.891. The molecule has 1 amide bonds. The Kier molecular flexibility index (Phi) is 2.55. The number of carbonyl (C=O) groups excluding carboxylic acids is 1. The fourth-order valence-corrected chi connectivity index (χ4v) is 1.61. The van der Waals surface area contributed by atoms with Crippen molar-refractivity contribution in [3.63, 3.8) is 0 Å². The highest BCUT2D eigenvalue weighted by Crippen LogP contribution is 2.39. The zero-order valence-electron chi connectivity index (χ0n) is 9.88. The first-order valence-electron chi connectivity index (χ1n) is 5.81. The van der Waals surface area contributed by atoms with Crippen LogP contribution in [-0.4, -0.2) is 21.1 Å². The summed E-state index contributed by atoms with van der Waals surface area (Å²) in [6, 6.07) is 5.38. The van der Waals surface area contributed by atoms with E-state index in [9.17, 15) is 4.79 Å². The number of aromatic nitrogens is 3. The van der Waals surface area contributed by atoms with Gasteiger partial charge in [0.1, 0.15) is 5.69 Å². The molecule has 0 radical (unpaired) electrons. The lowest BCUT2D eigenvalue weighted by atomic mass is 10.3. The molecule has 1 N–H and O–H groups in total. The summed E-state index contributed by atoms with van der Waals surface area (Å²) >= 11 is 0. The third kappa shape index (κ3) is 2.22. The lowest BCUT2D eigenvalue weighted by molar-refractivity contribution is 0.101. The van der Waals surface area contributed by atoms with Crippen LogP contribution in [0.25, 0.3) is 0 Å². The van der Waals surface area contributed by atoms with E-state index < -0.39 is 0 Å². The average molecular weight is 244 g/mol. The fraction of sp³-hybridized carbons (Fsp3) is 0.333. The molecule has 0 unspecified atom stereocenters. The molecule has 2 aromatic rings. The van der Waals surface area contributed by atoms with Crippen molar-refractivity contribution in [2.24, 2.45) is 0 Å². The molecule has 0 aromatic carbocycles. The Morgan fingerprint density at radius 1 is 1.39 bits per heavy atom. The van der Waals surface area contributed by atoms with Gasteiger partial charge in [-0.1, -0.05) is 11.2 Å². The normalized spacial score (nSPS) is 14.5. The summed E-state index contributed by atoms with van der Waals surface area (Å²) in [7, 11) is 0. The molecule has 0 saturated heterocycles. The van der Waals surface area contributed by atoms with Crippen LogP contribution in [-0.2, 0) is 0 Å². The van der Waals surface area contributed by atoms with Crippen LogP contribution in [0.5, 0.6) is 0 Å². The SMILES string of the molecule is Cc1cccc(C(=O)Nc2nnc(C3CC3)o2)n1. The van der Waals surface area contributed by atoms with E-state index in [-0.39, 0.29) is 11.9 Å². The van der Waals surface area contributed by atoms with Crippen molar-refractivity contribution >= 4 is 11.9 Å². The Bertz CT molecular complexity index is 589. The van der Waals surface area contributed by atoms with Gasteiger partial charge in [0.05, 0.1) is 0 Å². The van der Waals surface area contributed by atoms with Gasteiger partial charge in [-0.25, -0.2) is 4.98 Å². The second-order valence-electron chi connectivity index (χ2n) is 4.34. The first kappa shape index (κ1) is 10.9. The topological polar surface area (TPSA) is 80.9 Å². The minimum absolute atomic E-state index is 0.130. The van der Waals surface area contributed by atoms with Crippen molar-refractivity contribution in [2.45, 2.75) is 25.7 Å². The van der Waals surface area contributed by atoms with Gasteiger partial charge < -0.3 is 4.42 Å². The van der Waals surface area contributed by atoms with Crippen LogP contribution in [0.15, 0.2) is 22.6 Å². The molecule has 0 bridgehead atoms. The molecule has 6 nitrogen and oxygen atoms in total. The van der Waals surface area contributed by atoms with Crippen molar-refractivity contribution in [2.75, 3.05) is 5.32 Å². The number of aryl methyl sites for hydroxylation is 1. The van der Waals surface area contributed by atoms with E-state index in [1.165, 1.54) is 0 Å². The summed E-state index contributed by atoms with van der Waals surface area (Å²) in [6.45, 7) is 1.83. The highest BCUT2D eigenvalue weighted by Gasteiger charge is 2.29. The maximum Gasteiger partial charge on any atom is 0.322 e. The molecule has 1 fully saturated rings. The first-order valence-corrected chi connectivity index (χ1v) is 5.81. The maximum atomic E-state index is 11.9. The van der Waals surface area contributed by atoms with Gasteiger partial charge in [0.25, 0.3) is 5.91 Å². The van der Waals surface area contributed by atoms with E-state index in [0.717, 1.165) is 18.5 Å². The molecule has 1 aliphatic carbocycles. The lowest BCUT2D eigenvalue weighted by Gasteiger charge is -2.00. The number of pyridine rings is 1. The summed E-state index contributed by atoms with van der Waals surface area (Å²) in [5.74, 6) is 0.632. The number of nitrogens with zero attached hydrogens (tertiary/aromatic N) is 3. The number of rotatable bonds is 3. The third-order valence-corrected chi connectivity index (χ3v) is 2.71. The minimum atomic E-state index is -0.343. The van der Waals surface area contributed by atoms with Gasteiger partial charge in [0, 0.05) is 11.6 Å². The molecule has 2 heterocycles. The predicted octanol–water partition coefficient (Wildman–Crippen LogP) is 1.90. The molecule has 18 heavy (non-hydrogen) atoms. The van der Waals surface area contributed by atoms with Crippen LogP contribution in [0.2, 0.25) is 0 Å². The minimum Gasteiger partial charge on any atom is -0.408 e. The zero-order chi connectivity index (χ0) is 12.5. The number of anilines is 1. The summed E-state index contributed by atoms with van der Waals surface area (Å²) in [4.78, 5) is 16.0. The van der Waals surface area contributed by atoms with E-state index in [4.69, 9.17) is 4.42 Å². The Morgan fingerprint density at radius 2 is 2.22 bits per heavy atom. The van der Waals surface area contributed by atoms with Crippen LogP contribution in [0.3, 0.4) is 0 Å². The molecular weight excluding hydrogens is 232 g/mol. The molecule has 3 rings (SSSR count). The highest BCUT2D eigenvalue weighted by molar-refractivity contribution is 6.01. The molecule has 0 atom stereocenters. The van der Waals surface area contributed by atoms with E-state index in [1.54, 1.807) is 12.1 Å². The molecule has 2 aromatic heterocycles. The van der Waals surface area contributed by atoms with Crippen molar-refractivity contribution in [1.82, 2.24) is 15.2 Å². The molecule has 0 aliphatic heterocycles. The third-order valence-electron chi connectivity index (χ3n) is 2.71. The van der Waals surface area contributed by atoms with Crippen LogP contribution < -0.4 is 5.32 Å². The lowest BCUT2D eigenvalue weighted by Crippen LogP contribution is -2.14. The van der Waals surface area contributed by atoms with E-state index in [1.807, 2.05) is 13.0 Å². The standard InChI is InChI=1S/C12H12N4O2/c1-7-3-2-4-9(13-7)10(17)14-12-16-15-11(18-12)8-5-6-8/h2-4,8H,5-6H2,1H3,(H,14,16,17). The predicted molar refractivity (Wildman–Crippen MR) is 63.2 cm³/mol. The van der Waals surface area contributed by atoms with E-state index in [0.29, 0.717) is 17.5 Å². The highest BCUT2D eigenvalue weighted by atomic mass is 16.4. The fourth-order valence-electron chi connectivity index (χ4n) is 1.61. The second kappa shape index (κ2) is 4.21. The zero-order valence-corrected chi connectivity index (χ0v) is 9.88. The number of nitrogens with one attached hydrogen (secondary N) is 1. The Hall–Kier alpha value is -2.24. The van der Waals surface area contributed by atoms with Gasteiger partial charge in [-0.05, 0) is 31.9 Å².